The van der Waals surface area contributed by atoms with Crippen LogP contribution in [0.4, 0.5) is 0 Å². The first-order valence-corrected chi connectivity index (χ1v) is 28.0. The van der Waals surface area contributed by atoms with Crippen LogP contribution in [-0.2, 0) is 38.0 Å². The number of cyclic esters (lactones) is 1. The molecule has 3 saturated heterocycles. The summed E-state index contributed by atoms with van der Waals surface area (Å²) >= 11 is 0. The third-order valence-corrected chi connectivity index (χ3v) is 15.8. The number of esters is 1. The first-order valence-electron chi connectivity index (χ1n) is 28.0. The van der Waals surface area contributed by atoms with E-state index in [1.165, 1.54) is 33.3 Å². The van der Waals surface area contributed by atoms with Gasteiger partial charge in [0.05, 0.1) is 64.3 Å². The number of aromatic carboxylic acids is 2. The minimum Gasteiger partial charge on any atom is -0.478 e. The molecule has 7 rings (SSSR count). The quantitative estimate of drug-likeness (QED) is 0.0786. The van der Waals surface area contributed by atoms with Gasteiger partial charge in [-0.2, -0.15) is 0 Å². The second-order valence-corrected chi connectivity index (χ2v) is 22.8. The number of ether oxygens (including phenoxy) is 6. The average Bonchev–Trinajstić information content (AvgIpc) is 3.46. The van der Waals surface area contributed by atoms with Gasteiger partial charge in [0.25, 0.3) is 0 Å². The van der Waals surface area contributed by atoms with E-state index in [2.05, 4.69) is 23.2 Å². The highest BCUT2D eigenvalue weighted by Crippen LogP contribution is 2.41. The Labute approximate surface area is 488 Å². The van der Waals surface area contributed by atoms with E-state index in [1.807, 2.05) is 63.3 Å². The smallest absolute Gasteiger partial charge is 0.335 e. The molecule has 0 spiro atoms. The number of hydrogen-bond donors (Lipinski definition) is 7. The minimum absolute atomic E-state index is 0. The van der Waals surface area contributed by atoms with Gasteiger partial charge in [0.2, 0.25) is 0 Å². The molecule has 462 valence electrons. The Balaban J connectivity index is 0.000000446. The number of hydrogen-bond acceptors (Lipinski definition) is 17. The minimum atomic E-state index is -1.99. The summed E-state index contributed by atoms with van der Waals surface area (Å²) in [6.07, 6.45) is -3.74. The molecule has 20 heteroatoms. The number of carbonyl (C=O) groups excluding carboxylic acids is 2. The van der Waals surface area contributed by atoms with Crippen molar-refractivity contribution >= 4 is 40.7 Å². The summed E-state index contributed by atoms with van der Waals surface area (Å²) < 4.78 is 37.1. The topological polar surface area (TPSA) is 313 Å². The number of benzene rings is 3. The summed E-state index contributed by atoms with van der Waals surface area (Å²) in [5.41, 5.74) is -1.97. The summed E-state index contributed by atoms with van der Waals surface area (Å²) in [4.78, 5) is 54.5. The van der Waals surface area contributed by atoms with E-state index < -0.39 is 119 Å². The van der Waals surface area contributed by atoms with E-state index in [0.717, 1.165) is 11.1 Å². The fourth-order valence-corrected chi connectivity index (χ4v) is 10.9. The first-order chi connectivity index (χ1) is 38.4. The van der Waals surface area contributed by atoms with E-state index in [9.17, 15) is 44.7 Å². The van der Waals surface area contributed by atoms with E-state index in [1.54, 1.807) is 102 Å². The molecule has 3 aliphatic heterocycles. The number of carbonyl (C=O) groups is 4. The lowest BCUT2D eigenvalue weighted by molar-refractivity contribution is -0.318. The van der Waals surface area contributed by atoms with Crippen LogP contribution >= 0.6 is 0 Å². The van der Waals surface area contributed by atoms with Crippen LogP contribution in [0.5, 0.6) is 0 Å². The number of carboxylic acids is 2. The molecule has 0 radical (unpaired) electrons. The van der Waals surface area contributed by atoms with Gasteiger partial charge >= 0.3 is 17.9 Å². The number of fused-ring (bicyclic) bond motifs is 1. The SMILES string of the molecule is CC=Cc1cnc2ccccc2c1.CC[C@H]1OC(=O)[C@H](C)[C@@H](O[C@H]2C[C@@](C)(OC)[C@@H](O)[C@H](C)O2)[C@@H](C)[C@@H](O[C@@H]2O[C@H](C)C[C@H](N(C)C)[C@H]2O)[C@](C)(O)C[C@@H](C)C(=O)[C@H](C)[C@H](O)[C@]1(C)O.O.O=C(O)c1ccccc1.O=C(O)c1ccccc1. The van der Waals surface area contributed by atoms with Gasteiger partial charge in [-0.25, -0.2) is 9.59 Å². The highest BCUT2D eigenvalue weighted by Gasteiger charge is 2.53. The van der Waals surface area contributed by atoms with Crippen LogP contribution < -0.4 is 0 Å². The predicted octanol–water partition coefficient (Wildman–Crippen LogP) is 7.00. The van der Waals surface area contributed by atoms with E-state index in [4.69, 9.17) is 38.6 Å². The van der Waals surface area contributed by atoms with Crippen molar-refractivity contribution in [3.63, 3.8) is 0 Å². The maximum absolute atomic E-state index is 14.1. The van der Waals surface area contributed by atoms with Crippen molar-refractivity contribution in [2.75, 3.05) is 21.2 Å². The maximum Gasteiger partial charge on any atom is 0.335 e. The molecule has 20 nitrogen and oxygen atoms in total. The lowest BCUT2D eigenvalue weighted by Gasteiger charge is -2.49. The van der Waals surface area contributed by atoms with Crippen LogP contribution in [0.3, 0.4) is 0 Å². The van der Waals surface area contributed by atoms with Gasteiger partial charge in [-0.3, -0.25) is 14.6 Å². The molecule has 83 heavy (non-hydrogen) atoms. The van der Waals surface area contributed by atoms with Crippen LogP contribution in [0.15, 0.2) is 103 Å². The number of pyridine rings is 1. The van der Waals surface area contributed by atoms with Gasteiger partial charge in [0.15, 0.2) is 12.6 Å². The number of likely N-dealkylation sites (N-methyl/N-ethyl adjacent to an activating group) is 1. The van der Waals surface area contributed by atoms with Crippen molar-refractivity contribution in [1.82, 2.24) is 9.88 Å². The molecule has 1 aromatic heterocycles. The number of aromatic nitrogens is 1. The number of para-hydroxylation sites is 1. The molecule has 3 fully saturated rings. The van der Waals surface area contributed by atoms with Gasteiger partial charge in [0, 0.05) is 48.9 Å². The lowest BCUT2D eigenvalue weighted by atomic mass is 9.74. The van der Waals surface area contributed by atoms with Crippen LogP contribution in [-0.4, -0.2) is 180 Å². The van der Waals surface area contributed by atoms with Crippen LogP contribution in [0, 0.1) is 23.7 Å². The summed E-state index contributed by atoms with van der Waals surface area (Å²) in [5.74, 6) is -6.73. The highest BCUT2D eigenvalue weighted by molar-refractivity contribution is 5.88. The molecule has 0 amide bonds. The van der Waals surface area contributed by atoms with Gasteiger partial charge in [-0.05, 0) is 124 Å². The molecule has 0 saturated carbocycles. The molecule has 0 aliphatic carbocycles. The number of aliphatic hydroxyl groups excluding tert-OH is 3. The molecule has 0 bridgehead atoms. The molecule has 3 aliphatic rings. The number of Topliss-reactive ketones (excluding diaryl/α,β-unsaturated/α-hetero) is 1. The summed E-state index contributed by atoms with van der Waals surface area (Å²) in [6, 6.07) is 26.5. The van der Waals surface area contributed by atoms with E-state index in [-0.39, 0.29) is 36.9 Å². The van der Waals surface area contributed by atoms with E-state index >= 15 is 0 Å². The van der Waals surface area contributed by atoms with Gasteiger partial charge < -0.3 is 74.5 Å². The Bertz CT molecular complexity index is 2620. The van der Waals surface area contributed by atoms with Crippen LogP contribution in [0.2, 0.25) is 0 Å². The third kappa shape index (κ3) is 19.2. The fourth-order valence-electron chi connectivity index (χ4n) is 10.9. The Morgan fingerprint density at radius 1 is 0.783 bits per heavy atom. The lowest BCUT2D eigenvalue weighted by Crippen LogP contribution is -2.61. The van der Waals surface area contributed by atoms with Gasteiger partial charge in [-0.15, -0.1) is 0 Å². The zero-order chi connectivity index (χ0) is 61.4. The third-order valence-electron chi connectivity index (χ3n) is 15.8. The first kappa shape index (κ1) is 71.7. The van der Waals surface area contributed by atoms with Crippen molar-refractivity contribution < 1.29 is 88.8 Å². The Morgan fingerprint density at radius 3 is 1.84 bits per heavy atom. The fraction of sp³-hybridized carbons (Fsp3) is 0.571. The number of rotatable bonds is 10. The van der Waals surface area contributed by atoms with Crippen LogP contribution in [0.25, 0.3) is 17.0 Å². The molecule has 4 heterocycles. The predicted molar refractivity (Wildman–Crippen MR) is 313 cm³/mol. The second kappa shape index (κ2) is 32.1. The van der Waals surface area contributed by atoms with Crippen molar-refractivity contribution in [1.29, 1.82) is 0 Å². The Morgan fingerprint density at radius 2 is 1.34 bits per heavy atom. The maximum atomic E-state index is 14.1. The number of nitrogens with zero attached hydrogens (tertiary/aromatic N) is 2. The number of ketones is 1. The normalized spacial score (nSPS) is 34.2. The van der Waals surface area contributed by atoms with Crippen molar-refractivity contribution in [2.24, 2.45) is 23.7 Å². The number of aliphatic hydroxyl groups is 5. The number of methoxy groups -OCH3 is 1. The summed E-state index contributed by atoms with van der Waals surface area (Å²) in [7, 11) is 5.18. The standard InChI is InChI=1S/C37H67NO13.C12H11N.2C7H6O2.H2O/c1-14-25-37(10,45)30(41)20(4)27(39)18(2)16-35(8,44)32(51-34-28(40)24(38(11)12)15-19(3)47-34)21(5)29(22(6)33(43)49-25)50-26-17-36(9,46-13)31(42)23(7)48-26;1-2-5-10-8-11-6-3-4-7-12(11)13-9-10;2*8-7(9)6-4-2-1-3-5-6;/h18-26,28-32,34,40-42,44-45H,14-17H2,1-13H3;2-9H,1H3;2*1-5H,(H,8,9);1H2/t18-,19-,20+,21-,22-,23+,24+,25-,26+,28-,29+,30+,31+,32-,34+,35-,36-,37-;;;;/m1..../s1. The largest absolute Gasteiger partial charge is 0.478 e. The van der Waals surface area contributed by atoms with Crippen molar-refractivity contribution in [2.45, 2.75) is 186 Å². The van der Waals surface area contributed by atoms with Gasteiger partial charge in [-0.1, -0.05) is 94.4 Å². The Kier molecular flexibility index (Phi) is 27.7. The molecule has 4 aromatic rings. The highest BCUT2D eigenvalue weighted by atomic mass is 16.7. The van der Waals surface area contributed by atoms with Crippen molar-refractivity contribution in [3.8, 4) is 0 Å². The zero-order valence-corrected chi connectivity index (χ0v) is 50.5. The average molecular weight is 1170 g/mol. The number of allylic oxidation sites excluding steroid dienone is 1. The molecule has 0 unspecified atom stereocenters. The molecular formula is C63H92N2O18. The monoisotopic (exact) mass is 1160 g/mol. The van der Waals surface area contributed by atoms with Crippen molar-refractivity contribution in [3.05, 3.63) is 120 Å². The summed E-state index contributed by atoms with van der Waals surface area (Å²) in [6.45, 7) is 18.3. The number of carboxylic acid groups (broad SMARTS) is 2. The second-order valence-electron chi connectivity index (χ2n) is 22.8. The zero-order valence-electron chi connectivity index (χ0n) is 50.5. The Hall–Kier alpha value is -5.59. The molecule has 9 N–H and O–H groups in total. The molecule has 18 atom stereocenters. The van der Waals surface area contributed by atoms with Gasteiger partial charge in [0.1, 0.15) is 29.7 Å². The summed E-state index contributed by atoms with van der Waals surface area (Å²) in [5, 5.41) is 75.6. The molecular weight excluding hydrogens is 1070 g/mol. The van der Waals surface area contributed by atoms with E-state index in [0.29, 0.717) is 17.5 Å². The van der Waals surface area contributed by atoms with Crippen LogP contribution in [0.1, 0.15) is 128 Å². The molecule has 3 aromatic carbocycles.